The van der Waals surface area contributed by atoms with Gasteiger partial charge in [-0.2, -0.15) is 0 Å². The van der Waals surface area contributed by atoms with E-state index in [1.165, 1.54) is 6.92 Å². The zero-order chi connectivity index (χ0) is 8.65. The first-order chi connectivity index (χ1) is 4.96. The first-order valence-electron chi connectivity index (χ1n) is 3.03. The highest BCUT2D eigenvalue weighted by atomic mass is 79.9. The Morgan fingerprint density at radius 2 is 2.09 bits per heavy atom. The van der Waals surface area contributed by atoms with Crippen LogP contribution in [-0.2, 0) is 0 Å². The molecular formula is C7H6BrF3. The van der Waals surface area contributed by atoms with Crippen LogP contribution < -0.4 is 0 Å². The van der Waals surface area contributed by atoms with Gasteiger partial charge in [0.1, 0.15) is 10.5 Å². The fourth-order valence-electron chi connectivity index (χ4n) is 0.777. The van der Waals surface area contributed by atoms with E-state index in [9.17, 15) is 13.2 Å². The Bertz CT molecular complexity index is 230. The zero-order valence-electron chi connectivity index (χ0n) is 5.74. The molecule has 4 heteroatoms. The molecule has 0 spiro atoms. The van der Waals surface area contributed by atoms with E-state index in [0.717, 1.165) is 12.2 Å². The van der Waals surface area contributed by atoms with Gasteiger partial charge in [-0.05, 0) is 19.1 Å². The molecule has 0 aromatic heterocycles. The zero-order valence-corrected chi connectivity index (χ0v) is 7.33. The molecule has 0 aliphatic heterocycles. The predicted octanol–water partition coefficient (Wildman–Crippen LogP) is 3.20. The smallest absolute Gasteiger partial charge is 0.155 e. The van der Waals surface area contributed by atoms with E-state index in [4.69, 9.17) is 0 Å². The summed E-state index contributed by atoms with van der Waals surface area (Å²) in [6, 6.07) is 0. The quantitative estimate of drug-likeness (QED) is 0.557. The molecule has 0 bridgehead atoms. The van der Waals surface area contributed by atoms with E-state index < -0.39 is 22.1 Å². The maximum atomic E-state index is 12.8. The van der Waals surface area contributed by atoms with Crippen LogP contribution in [0.1, 0.15) is 6.92 Å². The van der Waals surface area contributed by atoms with Gasteiger partial charge in [0.05, 0.1) is 0 Å². The van der Waals surface area contributed by atoms with Crippen molar-refractivity contribution in [3.63, 3.8) is 0 Å². The van der Waals surface area contributed by atoms with Crippen molar-refractivity contribution in [1.82, 2.24) is 0 Å². The van der Waals surface area contributed by atoms with Crippen molar-refractivity contribution >= 4 is 15.9 Å². The second-order valence-electron chi connectivity index (χ2n) is 2.50. The summed E-state index contributed by atoms with van der Waals surface area (Å²) in [6.45, 7) is 1.25. The molecule has 0 nitrogen and oxygen atoms in total. The van der Waals surface area contributed by atoms with Gasteiger partial charge in [0.15, 0.2) is 11.7 Å². The van der Waals surface area contributed by atoms with Crippen molar-refractivity contribution in [3.8, 4) is 0 Å². The lowest BCUT2D eigenvalue weighted by Gasteiger charge is -2.25. The fourth-order valence-corrected chi connectivity index (χ4v) is 1.12. The van der Waals surface area contributed by atoms with Crippen LogP contribution in [0, 0.1) is 0 Å². The molecular weight excluding hydrogens is 221 g/mol. The summed E-state index contributed by atoms with van der Waals surface area (Å²) in [6.07, 6.45) is 0.248. The Hall–Kier alpha value is -0.250. The molecule has 0 saturated heterocycles. The van der Waals surface area contributed by atoms with Gasteiger partial charge in [-0.1, -0.05) is 15.9 Å². The van der Waals surface area contributed by atoms with Gasteiger partial charge >= 0.3 is 0 Å². The third kappa shape index (κ3) is 1.36. The molecule has 0 heterocycles. The Morgan fingerprint density at radius 3 is 2.55 bits per heavy atom. The van der Waals surface area contributed by atoms with Crippen LogP contribution in [0.5, 0.6) is 0 Å². The molecule has 1 rings (SSSR count). The highest BCUT2D eigenvalue weighted by Gasteiger charge is 2.39. The van der Waals surface area contributed by atoms with Crippen molar-refractivity contribution in [2.75, 3.05) is 0 Å². The van der Waals surface area contributed by atoms with Crippen LogP contribution in [-0.4, -0.2) is 10.5 Å². The maximum absolute atomic E-state index is 12.8. The average molecular weight is 227 g/mol. The summed E-state index contributed by atoms with van der Waals surface area (Å²) in [5, 5.41) is 0. The standard InChI is InChI=1S/C7H6BrF3/c1-7(8)5(10)3-2-4(9)6(7)11/h2-3,5H,1H3. The first kappa shape index (κ1) is 8.84. The van der Waals surface area contributed by atoms with Gasteiger partial charge in [-0.15, -0.1) is 0 Å². The Balaban J connectivity index is 3.07. The molecule has 11 heavy (non-hydrogen) atoms. The van der Waals surface area contributed by atoms with E-state index in [2.05, 4.69) is 15.9 Å². The van der Waals surface area contributed by atoms with Crippen molar-refractivity contribution in [3.05, 3.63) is 23.8 Å². The van der Waals surface area contributed by atoms with Crippen molar-refractivity contribution in [1.29, 1.82) is 0 Å². The molecule has 0 aromatic carbocycles. The number of halogens is 4. The van der Waals surface area contributed by atoms with E-state index in [1.54, 1.807) is 0 Å². The van der Waals surface area contributed by atoms with Gasteiger partial charge in [0, 0.05) is 0 Å². The molecule has 62 valence electrons. The van der Waals surface area contributed by atoms with Gasteiger partial charge in [0.25, 0.3) is 0 Å². The second-order valence-corrected chi connectivity index (χ2v) is 4.15. The number of allylic oxidation sites excluding steroid dienone is 4. The molecule has 0 amide bonds. The van der Waals surface area contributed by atoms with Crippen LogP contribution in [0.2, 0.25) is 0 Å². The minimum absolute atomic E-state index is 0.795. The topological polar surface area (TPSA) is 0 Å². The van der Waals surface area contributed by atoms with Crippen molar-refractivity contribution in [2.24, 2.45) is 0 Å². The van der Waals surface area contributed by atoms with Crippen LogP contribution in [0.3, 0.4) is 0 Å². The molecule has 0 N–H and O–H groups in total. The first-order valence-corrected chi connectivity index (χ1v) is 3.82. The molecule has 2 unspecified atom stereocenters. The molecule has 1 aliphatic rings. The second kappa shape index (κ2) is 2.66. The highest BCUT2D eigenvalue weighted by Crippen LogP contribution is 2.39. The summed E-state index contributed by atoms with van der Waals surface area (Å²) in [7, 11) is 0. The lowest BCUT2D eigenvalue weighted by molar-refractivity contribution is 0.310. The Kier molecular flexibility index (Phi) is 2.14. The number of hydrogen-bond donors (Lipinski definition) is 0. The van der Waals surface area contributed by atoms with Crippen molar-refractivity contribution < 1.29 is 13.2 Å². The van der Waals surface area contributed by atoms with Gasteiger partial charge in [0.2, 0.25) is 0 Å². The monoisotopic (exact) mass is 226 g/mol. The van der Waals surface area contributed by atoms with Gasteiger partial charge in [-0.3, -0.25) is 0 Å². The molecule has 0 fully saturated rings. The maximum Gasteiger partial charge on any atom is 0.155 e. The molecule has 0 aromatic rings. The van der Waals surface area contributed by atoms with Crippen molar-refractivity contribution in [2.45, 2.75) is 17.4 Å². The van der Waals surface area contributed by atoms with Crippen LogP contribution >= 0.6 is 15.9 Å². The third-order valence-corrected chi connectivity index (χ3v) is 2.35. The van der Waals surface area contributed by atoms with E-state index in [-0.39, 0.29) is 0 Å². The lowest BCUT2D eigenvalue weighted by atomic mass is 9.99. The lowest BCUT2D eigenvalue weighted by Crippen LogP contribution is -2.31. The summed E-state index contributed by atoms with van der Waals surface area (Å²) in [5.74, 6) is -2.11. The summed E-state index contributed by atoms with van der Waals surface area (Å²) in [4.78, 5) is 0. The summed E-state index contributed by atoms with van der Waals surface area (Å²) >= 11 is 2.76. The van der Waals surface area contributed by atoms with Gasteiger partial charge in [-0.25, -0.2) is 13.2 Å². The number of hydrogen-bond acceptors (Lipinski definition) is 0. The van der Waals surface area contributed by atoms with Crippen LogP contribution in [0.15, 0.2) is 23.8 Å². The minimum Gasteiger partial charge on any atom is -0.241 e. The summed E-state index contributed by atoms with van der Waals surface area (Å²) < 4.78 is 36.5. The van der Waals surface area contributed by atoms with Crippen LogP contribution in [0.25, 0.3) is 0 Å². The van der Waals surface area contributed by atoms with Crippen LogP contribution in [0.4, 0.5) is 13.2 Å². The fraction of sp³-hybridized carbons (Fsp3) is 0.429. The van der Waals surface area contributed by atoms with E-state index in [0.29, 0.717) is 0 Å². The summed E-state index contributed by atoms with van der Waals surface area (Å²) in [5.41, 5.74) is 0. The minimum atomic E-state index is -1.54. The predicted molar refractivity (Wildman–Crippen MR) is 40.6 cm³/mol. The molecule has 0 saturated carbocycles. The Labute approximate surface area is 70.9 Å². The number of alkyl halides is 2. The highest BCUT2D eigenvalue weighted by molar-refractivity contribution is 9.10. The number of rotatable bonds is 0. The normalized spacial score (nSPS) is 38.1. The SMILES string of the molecule is CC1(Br)C(F)=C(F)C=CC1F. The molecule has 2 atom stereocenters. The van der Waals surface area contributed by atoms with Gasteiger partial charge < -0.3 is 0 Å². The molecule has 0 radical (unpaired) electrons. The third-order valence-electron chi connectivity index (χ3n) is 1.57. The average Bonchev–Trinajstić information content (AvgIpc) is 1.95. The Morgan fingerprint density at radius 1 is 1.55 bits per heavy atom. The van der Waals surface area contributed by atoms with E-state index in [1.807, 2.05) is 0 Å². The molecule has 1 aliphatic carbocycles. The van der Waals surface area contributed by atoms with E-state index >= 15 is 0 Å². The largest absolute Gasteiger partial charge is 0.241 e.